The van der Waals surface area contributed by atoms with Crippen LogP contribution in [0, 0.1) is 12.8 Å². The average Bonchev–Trinajstić information content (AvgIpc) is 3.41. The van der Waals surface area contributed by atoms with E-state index in [4.69, 9.17) is 4.74 Å². The summed E-state index contributed by atoms with van der Waals surface area (Å²) in [5.74, 6) is 1.47. The molecule has 0 aliphatic carbocycles. The molecule has 1 saturated heterocycles. The van der Waals surface area contributed by atoms with Crippen molar-refractivity contribution in [1.82, 2.24) is 20.1 Å². The van der Waals surface area contributed by atoms with Crippen LogP contribution in [0.15, 0.2) is 48.5 Å². The van der Waals surface area contributed by atoms with Crippen LogP contribution in [0.25, 0.3) is 11.4 Å². The molecule has 1 aliphatic heterocycles. The molecule has 8 nitrogen and oxygen atoms in total. The van der Waals surface area contributed by atoms with Crippen molar-refractivity contribution < 1.29 is 14.3 Å². The van der Waals surface area contributed by atoms with Gasteiger partial charge in [0.1, 0.15) is 11.6 Å². The van der Waals surface area contributed by atoms with Crippen molar-refractivity contribution >= 4 is 17.5 Å². The molecule has 2 unspecified atom stereocenters. The minimum atomic E-state index is -0.474. The predicted molar refractivity (Wildman–Crippen MR) is 126 cm³/mol. The number of ether oxygens (including phenoxy) is 1. The van der Waals surface area contributed by atoms with Crippen LogP contribution in [0.3, 0.4) is 0 Å². The molecular weight excluding hydrogens is 418 g/mol. The maximum atomic E-state index is 13.3. The lowest BCUT2D eigenvalue weighted by atomic mass is 9.92. The van der Waals surface area contributed by atoms with Gasteiger partial charge in [-0.15, -0.1) is 0 Å². The van der Waals surface area contributed by atoms with Crippen molar-refractivity contribution in [3.8, 4) is 17.1 Å². The van der Waals surface area contributed by atoms with Crippen LogP contribution in [0.5, 0.6) is 5.75 Å². The van der Waals surface area contributed by atoms with Gasteiger partial charge in [0.25, 0.3) is 0 Å². The molecular formula is C25H29N5O3. The highest BCUT2D eigenvalue weighted by atomic mass is 16.5. The highest BCUT2D eigenvalue weighted by Gasteiger charge is 2.44. The zero-order chi connectivity index (χ0) is 23.4. The molecule has 0 spiro atoms. The predicted octanol–water partition coefficient (Wildman–Crippen LogP) is 4.12. The van der Waals surface area contributed by atoms with Crippen molar-refractivity contribution in [1.29, 1.82) is 0 Å². The number of carbonyl (C=O) groups excluding carboxylic acids is 2. The van der Waals surface area contributed by atoms with Gasteiger partial charge in [-0.25, -0.2) is 4.98 Å². The van der Waals surface area contributed by atoms with Crippen LogP contribution in [0.2, 0.25) is 0 Å². The van der Waals surface area contributed by atoms with E-state index in [1.807, 2.05) is 60.4 Å². The maximum Gasteiger partial charge on any atom is 0.230 e. The zero-order valence-electron chi connectivity index (χ0n) is 19.2. The lowest BCUT2D eigenvalue weighted by Crippen LogP contribution is -2.33. The molecule has 3 aromatic rings. The number of nitrogens with one attached hydrogen (secondary N) is 2. The first-order valence-corrected chi connectivity index (χ1v) is 11.2. The summed E-state index contributed by atoms with van der Waals surface area (Å²) in [6, 6.07) is 14.7. The summed E-state index contributed by atoms with van der Waals surface area (Å²) in [6.07, 6.45) is 2.07. The van der Waals surface area contributed by atoms with E-state index >= 15 is 0 Å². The Hall–Kier alpha value is -3.68. The molecule has 1 aromatic heterocycles. The molecule has 2 heterocycles. The number of hydrogen-bond acceptors (Lipinski definition) is 5. The molecule has 172 valence electrons. The third-order valence-corrected chi connectivity index (χ3v) is 5.99. The minimum Gasteiger partial charge on any atom is -0.497 e. The second kappa shape index (κ2) is 9.85. The molecule has 1 fully saturated rings. The molecule has 0 bridgehead atoms. The first-order valence-electron chi connectivity index (χ1n) is 11.2. The standard InChI is InChI=1S/C25H29N5O3/c1-4-5-14-30-22(31)15-21(23(30)17-8-12-20(33-3)13-9-17)25(32)27-19-10-6-18(7-11-19)24-26-16(2)28-29-24/h6-13,21,23H,4-5,14-15H2,1-3H3,(H,27,32)(H,26,28,29). The number of aromatic nitrogens is 3. The van der Waals surface area contributed by atoms with Gasteiger partial charge in [0.15, 0.2) is 5.82 Å². The van der Waals surface area contributed by atoms with Crippen molar-refractivity contribution in [2.24, 2.45) is 5.92 Å². The van der Waals surface area contributed by atoms with Gasteiger partial charge in [0.05, 0.1) is 19.1 Å². The number of H-pyrrole nitrogens is 1. The zero-order valence-corrected chi connectivity index (χ0v) is 19.2. The van der Waals surface area contributed by atoms with Crippen molar-refractivity contribution in [2.45, 2.75) is 39.2 Å². The topological polar surface area (TPSA) is 100 Å². The molecule has 4 rings (SSSR count). The number of amides is 2. The Labute approximate surface area is 193 Å². The third-order valence-electron chi connectivity index (χ3n) is 5.99. The number of unbranched alkanes of at least 4 members (excludes halogenated alkanes) is 1. The van der Waals surface area contributed by atoms with Gasteiger partial charge in [-0.1, -0.05) is 25.5 Å². The number of rotatable bonds is 8. The van der Waals surface area contributed by atoms with Gasteiger partial charge >= 0.3 is 0 Å². The highest BCUT2D eigenvalue weighted by molar-refractivity contribution is 5.98. The third kappa shape index (κ3) is 4.89. The number of aryl methyl sites for hydroxylation is 1. The summed E-state index contributed by atoms with van der Waals surface area (Å²) in [5.41, 5.74) is 2.47. The number of likely N-dealkylation sites (tertiary alicyclic amines) is 1. The van der Waals surface area contributed by atoms with Crippen LogP contribution >= 0.6 is 0 Å². The Morgan fingerprint density at radius 2 is 1.91 bits per heavy atom. The van der Waals surface area contributed by atoms with E-state index in [1.165, 1.54) is 0 Å². The van der Waals surface area contributed by atoms with Gasteiger partial charge < -0.3 is 15.0 Å². The highest BCUT2D eigenvalue weighted by Crippen LogP contribution is 2.39. The number of nitrogens with zero attached hydrogens (tertiary/aromatic N) is 3. The number of anilines is 1. The Kier molecular flexibility index (Phi) is 6.72. The number of methoxy groups -OCH3 is 1. The van der Waals surface area contributed by atoms with Gasteiger partial charge in [0, 0.05) is 24.2 Å². The van der Waals surface area contributed by atoms with Gasteiger partial charge in [-0.05, 0) is 55.3 Å². The molecule has 33 heavy (non-hydrogen) atoms. The van der Waals surface area contributed by atoms with Crippen LogP contribution in [0.1, 0.15) is 43.6 Å². The Morgan fingerprint density at radius 3 is 2.52 bits per heavy atom. The average molecular weight is 448 g/mol. The summed E-state index contributed by atoms with van der Waals surface area (Å²) < 4.78 is 5.27. The summed E-state index contributed by atoms with van der Waals surface area (Å²) in [5, 5.41) is 9.98. The quantitative estimate of drug-likeness (QED) is 0.541. The minimum absolute atomic E-state index is 0.0137. The fourth-order valence-corrected chi connectivity index (χ4v) is 4.24. The van der Waals surface area contributed by atoms with Crippen molar-refractivity contribution in [3.63, 3.8) is 0 Å². The second-order valence-electron chi connectivity index (χ2n) is 8.28. The van der Waals surface area contributed by atoms with Gasteiger partial charge in [-0.3, -0.25) is 14.7 Å². The van der Waals surface area contributed by atoms with E-state index in [-0.39, 0.29) is 24.3 Å². The number of hydrogen-bond donors (Lipinski definition) is 2. The summed E-state index contributed by atoms with van der Waals surface area (Å²) in [4.78, 5) is 32.3. The maximum absolute atomic E-state index is 13.3. The molecule has 8 heteroatoms. The van der Waals surface area contributed by atoms with Crippen LogP contribution in [-0.2, 0) is 9.59 Å². The lowest BCUT2D eigenvalue weighted by molar-refractivity contribution is -0.129. The molecule has 2 atom stereocenters. The van der Waals surface area contributed by atoms with Crippen LogP contribution in [0.4, 0.5) is 5.69 Å². The number of carbonyl (C=O) groups is 2. The van der Waals surface area contributed by atoms with E-state index in [1.54, 1.807) is 7.11 Å². The van der Waals surface area contributed by atoms with Gasteiger partial charge in [0.2, 0.25) is 11.8 Å². The fraction of sp³-hybridized carbons (Fsp3) is 0.360. The van der Waals surface area contributed by atoms with E-state index in [9.17, 15) is 9.59 Å². The molecule has 2 amide bonds. The lowest BCUT2D eigenvalue weighted by Gasteiger charge is -2.28. The van der Waals surface area contributed by atoms with Crippen molar-refractivity contribution in [2.75, 3.05) is 19.0 Å². The van der Waals surface area contributed by atoms with E-state index in [2.05, 4.69) is 27.4 Å². The van der Waals surface area contributed by atoms with Gasteiger partial charge in [-0.2, -0.15) is 5.10 Å². The van der Waals surface area contributed by atoms with E-state index < -0.39 is 5.92 Å². The van der Waals surface area contributed by atoms with E-state index in [0.717, 1.165) is 35.5 Å². The fourth-order valence-electron chi connectivity index (χ4n) is 4.24. The molecule has 2 N–H and O–H groups in total. The Bertz CT molecular complexity index is 1110. The smallest absolute Gasteiger partial charge is 0.230 e. The van der Waals surface area contributed by atoms with Crippen LogP contribution < -0.4 is 10.1 Å². The Balaban J connectivity index is 1.54. The molecule has 2 aromatic carbocycles. The molecule has 0 saturated carbocycles. The monoisotopic (exact) mass is 447 g/mol. The van der Waals surface area contributed by atoms with Crippen LogP contribution in [-0.4, -0.2) is 45.6 Å². The second-order valence-corrected chi connectivity index (χ2v) is 8.28. The Morgan fingerprint density at radius 1 is 1.18 bits per heavy atom. The van der Waals surface area contributed by atoms with Crippen molar-refractivity contribution in [3.05, 3.63) is 59.9 Å². The first-order chi connectivity index (χ1) is 16.0. The number of aromatic amines is 1. The first kappa shape index (κ1) is 22.5. The summed E-state index contributed by atoms with van der Waals surface area (Å²) >= 11 is 0. The summed E-state index contributed by atoms with van der Waals surface area (Å²) in [6.45, 7) is 4.58. The molecule has 0 radical (unpaired) electrons. The SMILES string of the molecule is CCCCN1C(=O)CC(C(=O)Nc2ccc(-c3n[nH]c(C)n3)cc2)C1c1ccc(OC)cc1. The molecule has 1 aliphatic rings. The number of benzene rings is 2. The normalized spacial score (nSPS) is 17.9. The largest absolute Gasteiger partial charge is 0.497 e. The van der Waals surface area contributed by atoms with E-state index in [0.29, 0.717) is 18.1 Å². The summed E-state index contributed by atoms with van der Waals surface area (Å²) in [7, 11) is 1.62.